The van der Waals surface area contributed by atoms with Gasteiger partial charge in [0.05, 0.1) is 6.04 Å². The molecule has 0 aliphatic rings. The second-order valence-electron chi connectivity index (χ2n) is 9.97. The van der Waals surface area contributed by atoms with E-state index >= 15 is 0 Å². The van der Waals surface area contributed by atoms with Crippen molar-refractivity contribution in [3.05, 3.63) is 131 Å². The van der Waals surface area contributed by atoms with Gasteiger partial charge in [0.2, 0.25) is 5.91 Å². The van der Waals surface area contributed by atoms with Crippen LogP contribution in [0.25, 0.3) is 0 Å². The molecular weight excluding hydrogens is 498 g/mol. The fraction of sp³-hybridized carbons (Fsp3) is 0.273. The summed E-state index contributed by atoms with van der Waals surface area (Å²) in [5.41, 5.74) is 16.1. The zero-order chi connectivity index (χ0) is 28.2. The van der Waals surface area contributed by atoms with Gasteiger partial charge in [-0.1, -0.05) is 84.9 Å². The van der Waals surface area contributed by atoms with E-state index in [2.05, 4.69) is 22.8 Å². The van der Waals surface area contributed by atoms with Gasteiger partial charge in [-0.15, -0.1) is 0 Å². The molecule has 0 aliphatic heterocycles. The van der Waals surface area contributed by atoms with Gasteiger partial charge in [-0.05, 0) is 66.6 Å². The highest BCUT2D eigenvalue weighted by atomic mass is 16.2. The van der Waals surface area contributed by atoms with Crippen molar-refractivity contribution in [3.8, 4) is 0 Å². The molecule has 2 atom stereocenters. The Morgan fingerprint density at radius 2 is 1.43 bits per heavy atom. The molecule has 0 saturated heterocycles. The van der Waals surface area contributed by atoms with Crippen LogP contribution in [0, 0.1) is 0 Å². The lowest BCUT2D eigenvalue weighted by Crippen LogP contribution is -2.36. The van der Waals surface area contributed by atoms with Crippen LogP contribution in [0.5, 0.6) is 0 Å². The van der Waals surface area contributed by atoms with Gasteiger partial charge >= 0.3 is 0 Å². The van der Waals surface area contributed by atoms with Crippen LogP contribution in [-0.4, -0.2) is 22.9 Å². The molecule has 6 N–H and O–H groups in total. The van der Waals surface area contributed by atoms with E-state index in [4.69, 9.17) is 11.5 Å². The number of carbonyl (C=O) groups is 2. The monoisotopic (exact) mass is 537 g/mol. The first-order chi connectivity index (χ1) is 19.6. The summed E-state index contributed by atoms with van der Waals surface area (Å²) in [6.45, 7) is 1.43. The molecule has 0 fully saturated rings. The standard InChI is InChI=1S/C33H39N5O2/c34-20-8-7-14-30(32(39)36-24-27-18-16-26(23-35)17-19-27)38-21-9-15-31(38)33(40)37-29(28-12-5-2-6-13-28)22-25-10-3-1-4-11-25/h1-6,9-13,15-19,21,29-30H,7-8,14,20,22-24,34-35H2,(H,36,39)(H,37,40)/t29?,30-/m1/s1. The average Bonchev–Trinajstić information content (AvgIpc) is 3.49. The number of benzene rings is 3. The molecule has 2 amide bonds. The lowest BCUT2D eigenvalue weighted by molar-refractivity contribution is -0.124. The first-order valence-electron chi connectivity index (χ1n) is 13.9. The summed E-state index contributed by atoms with van der Waals surface area (Å²) in [4.78, 5) is 27.2. The Kier molecular flexibility index (Phi) is 10.7. The van der Waals surface area contributed by atoms with E-state index in [1.807, 2.05) is 85.1 Å². The van der Waals surface area contributed by atoms with Crippen LogP contribution in [0.2, 0.25) is 0 Å². The number of aromatic nitrogens is 1. The molecule has 0 saturated carbocycles. The molecule has 0 radical (unpaired) electrons. The maximum Gasteiger partial charge on any atom is 0.268 e. The van der Waals surface area contributed by atoms with Crippen molar-refractivity contribution in [3.63, 3.8) is 0 Å². The van der Waals surface area contributed by atoms with E-state index in [0.29, 0.717) is 38.2 Å². The van der Waals surface area contributed by atoms with Gasteiger partial charge in [0.1, 0.15) is 11.7 Å². The third-order valence-electron chi connectivity index (χ3n) is 7.10. The number of nitrogens with one attached hydrogen (secondary N) is 2. The largest absolute Gasteiger partial charge is 0.350 e. The highest BCUT2D eigenvalue weighted by Gasteiger charge is 2.25. The van der Waals surface area contributed by atoms with E-state index in [0.717, 1.165) is 35.1 Å². The minimum atomic E-state index is -0.532. The third-order valence-corrected chi connectivity index (χ3v) is 7.10. The summed E-state index contributed by atoms with van der Waals surface area (Å²) in [6.07, 6.45) is 4.63. The van der Waals surface area contributed by atoms with Gasteiger partial charge in [0.15, 0.2) is 0 Å². The number of hydrogen-bond acceptors (Lipinski definition) is 4. The lowest BCUT2D eigenvalue weighted by atomic mass is 9.98. The molecular formula is C33H39N5O2. The smallest absolute Gasteiger partial charge is 0.268 e. The van der Waals surface area contributed by atoms with Crippen molar-refractivity contribution in [1.82, 2.24) is 15.2 Å². The van der Waals surface area contributed by atoms with Gasteiger partial charge in [-0.25, -0.2) is 0 Å². The molecule has 3 aromatic carbocycles. The molecule has 7 nitrogen and oxygen atoms in total. The number of rotatable bonds is 14. The molecule has 4 rings (SSSR count). The molecule has 0 spiro atoms. The molecule has 208 valence electrons. The lowest BCUT2D eigenvalue weighted by Gasteiger charge is -2.23. The number of nitrogens with two attached hydrogens (primary N) is 2. The van der Waals surface area contributed by atoms with Crippen molar-refractivity contribution in [2.45, 2.75) is 50.9 Å². The van der Waals surface area contributed by atoms with Crippen molar-refractivity contribution in [2.75, 3.05) is 6.54 Å². The number of carbonyl (C=O) groups excluding carboxylic acids is 2. The maximum atomic E-state index is 13.7. The summed E-state index contributed by atoms with van der Waals surface area (Å²) in [5.74, 6) is -0.349. The number of unbranched alkanes of at least 4 members (excludes halogenated alkanes) is 1. The minimum absolute atomic E-state index is 0.130. The van der Waals surface area contributed by atoms with Crippen LogP contribution in [-0.2, 0) is 24.3 Å². The summed E-state index contributed by atoms with van der Waals surface area (Å²) in [6, 6.07) is 30.8. The van der Waals surface area contributed by atoms with Gasteiger partial charge in [0, 0.05) is 19.3 Å². The van der Waals surface area contributed by atoms with Crippen molar-refractivity contribution in [2.24, 2.45) is 11.5 Å². The second-order valence-corrected chi connectivity index (χ2v) is 9.97. The molecule has 1 heterocycles. The number of hydrogen-bond donors (Lipinski definition) is 4. The van der Waals surface area contributed by atoms with Gasteiger partial charge < -0.3 is 26.7 Å². The normalized spacial score (nSPS) is 12.4. The molecule has 1 unspecified atom stereocenters. The van der Waals surface area contributed by atoms with Gasteiger partial charge in [-0.2, -0.15) is 0 Å². The molecule has 7 heteroatoms. The van der Waals surface area contributed by atoms with Crippen LogP contribution < -0.4 is 22.1 Å². The molecule has 1 aromatic heterocycles. The molecule has 0 aliphatic carbocycles. The zero-order valence-electron chi connectivity index (χ0n) is 22.8. The Balaban J connectivity index is 1.52. The Bertz CT molecular complexity index is 1340. The highest BCUT2D eigenvalue weighted by molar-refractivity contribution is 5.94. The van der Waals surface area contributed by atoms with Crippen LogP contribution in [0.3, 0.4) is 0 Å². The van der Waals surface area contributed by atoms with E-state index < -0.39 is 6.04 Å². The van der Waals surface area contributed by atoms with Crippen LogP contribution in [0.4, 0.5) is 0 Å². The van der Waals surface area contributed by atoms with Gasteiger partial charge in [0.25, 0.3) is 5.91 Å². The number of amides is 2. The van der Waals surface area contributed by atoms with E-state index in [1.165, 1.54) is 0 Å². The first-order valence-corrected chi connectivity index (χ1v) is 13.9. The van der Waals surface area contributed by atoms with Gasteiger partial charge in [-0.3, -0.25) is 9.59 Å². The fourth-order valence-electron chi connectivity index (χ4n) is 4.86. The quantitative estimate of drug-likeness (QED) is 0.175. The maximum absolute atomic E-state index is 13.7. The third kappa shape index (κ3) is 7.91. The predicted molar refractivity (Wildman–Crippen MR) is 159 cm³/mol. The summed E-state index contributed by atoms with van der Waals surface area (Å²) >= 11 is 0. The van der Waals surface area contributed by atoms with Crippen molar-refractivity contribution in [1.29, 1.82) is 0 Å². The predicted octanol–water partition coefficient (Wildman–Crippen LogP) is 4.65. The Morgan fingerprint density at radius 3 is 2.10 bits per heavy atom. The second kappa shape index (κ2) is 14.8. The molecule has 40 heavy (non-hydrogen) atoms. The number of nitrogens with zero attached hydrogens (tertiary/aromatic N) is 1. The summed E-state index contributed by atoms with van der Waals surface area (Å²) < 4.78 is 1.79. The van der Waals surface area contributed by atoms with Crippen molar-refractivity contribution < 1.29 is 9.59 Å². The fourth-order valence-corrected chi connectivity index (χ4v) is 4.86. The van der Waals surface area contributed by atoms with Crippen LogP contribution >= 0.6 is 0 Å². The summed E-state index contributed by atoms with van der Waals surface area (Å²) in [7, 11) is 0. The topological polar surface area (TPSA) is 115 Å². The minimum Gasteiger partial charge on any atom is -0.350 e. The van der Waals surface area contributed by atoms with E-state index in [9.17, 15) is 9.59 Å². The summed E-state index contributed by atoms with van der Waals surface area (Å²) in [5, 5.41) is 6.30. The van der Waals surface area contributed by atoms with Crippen molar-refractivity contribution >= 4 is 11.8 Å². The molecule has 4 aromatic rings. The first kappa shape index (κ1) is 28.8. The highest BCUT2D eigenvalue weighted by Crippen LogP contribution is 2.23. The van der Waals surface area contributed by atoms with Crippen LogP contribution in [0.15, 0.2) is 103 Å². The SMILES string of the molecule is NCCCC[C@H](C(=O)NCc1ccc(CN)cc1)n1cccc1C(=O)NC(Cc1ccccc1)c1ccccc1. The Morgan fingerprint density at radius 1 is 0.750 bits per heavy atom. The van der Waals surface area contributed by atoms with E-state index in [-0.39, 0.29) is 17.9 Å². The van der Waals surface area contributed by atoms with Crippen LogP contribution in [0.1, 0.15) is 64.1 Å². The Labute approximate surface area is 236 Å². The van der Waals surface area contributed by atoms with E-state index in [1.54, 1.807) is 10.6 Å². The average molecular weight is 538 g/mol. The Hall–Kier alpha value is -4.20. The zero-order valence-corrected chi connectivity index (χ0v) is 22.8. The molecule has 0 bridgehead atoms.